The van der Waals surface area contributed by atoms with Crippen molar-refractivity contribution in [3.8, 4) is 0 Å². The van der Waals surface area contributed by atoms with Crippen LogP contribution in [0.15, 0.2) is 4.99 Å². The van der Waals surface area contributed by atoms with Gasteiger partial charge in [-0.25, -0.2) is 0 Å². The van der Waals surface area contributed by atoms with Crippen molar-refractivity contribution in [2.75, 3.05) is 7.05 Å². The molecule has 0 saturated carbocycles. The second-order valence-electron chi connectivity index (χ2n) is 4.02. The van der Waals surface area contributed by atoms with Crippen LogP contribution < -0.4 is 5.73 Å². The van der Waals surface area contributed by atoms with Crippen molar-refractivity contribution in [2.24, 2.45) is 16.6 Å². The lowest BCUT2D eigenvalue weighted by Gasteiger charge is -2.25. The molecule has 0 bridgehead atoms. The quantitative estimate of drug-likeness (QED) is 0.546. The molecule has 72 valence electrons. The molecule has 0 aliphatic rings. The number of rotatable bonds is 3. The van der Waals surface area contributed by atoms with E-state index in [-0.39, 0.29) is 4.75 Å². The van der Waals surface area contributed by atoms with Crippen LogP contribution >= 0.6 is 11.8 Å². The third kappa shape index (κ3) is 5.47. The average Bonchev–Trinajstić information content (AvgIpc) is 1.83. The lowest BCUT2D eigenvalue weighted by atomic mass is 10.0. The molecule has 0 aromatic rings. The summed E-state index contributed by atoms with van der Waals surface area (Å²) in [5, 5.41) is 0.681. The first-order valence-corrected chi connectivity index (χ1v) is 5.10. The lowest BCUT2D eigenvalue weighted by Crippen LogP contribution is -2.23. The Morgan fingerprint density at radius 2 is 2.00 bits per heavy atom. The standard InChI is InChI=1S/C9H20N2S/c1-7(2)6-9(3,4)12-8(10)11-5/h7H,6H2,1-5H3,(H2,10,11). The van der Waals surface area contributed by atoms with Crippen LogP contribution in [0.1, 0.15) is 34.1 Å². The summed E-state index contributed by atoms with van der Waals surface area (Å²) in [6, 6.07) is 0. The maximum atomic E-state index is 5.65. The first-order valence-electron chi connectivity index (χ1n) is 4.28. The summed E-state index contributed by atoms with van der Waals surface area (Å²) in [5.41, 5.74) is 5.65. The molecule has 0 saturated heterocycles. The minimum atomic E-state index is 0.206. The van der Waals surface area contributed by atoms with E-state index < -0.39 is 0 Å². The van der Waals surface area contributed by atoms with Gasteiger partial charge in [-0.05, 0) is 12.3 Å². The molecular weight excluding hydrogens is 168 g/mol. The largest absolute Gasteiger partial charge is 0.379 e. The summed E-state index contributed by atoms with van der Waals surface area (Å²) in [4.78, 5) is 3.94. The predicted molar refractivity (Wildman–Crippen MR) is 58.7 cm³/mol. The van der Waals surface area contributed by atoms with Gasteiger partial charge in [0.05, 0.1) is 0 Å². The van der Waals surface area contributed by atoms with E-state index in [2.05, 4.69) is 32.7 Å². The fraction of sp³-hybridized carbons (Fsp3) is 0.889. The molecular formula is C9H20N2S. The normalized spacial score (nSPS) is 14.0. The van der Waals surface area contributed by atoms with E-state index in [1.54, 1.807) is 18.8 Å². The Hall–Kier alpha value is -0.180. The van der Waals surface area contributed by atoms with Crippen molar-refractivity contribution in [3.63, 3.8) is 0 Å². The van der Waals surface area contributed by atoms with Crippen molar-refractivity contribution >= 4 is 16.9 Å². The van der Waals surface area contributed by atoms with Gasteiger partial charge in [-0.15, -0.1) is 0 Å². The number of nitrogens with zero attached hydrogens (tertiary/aromatic N) is 1. The second-order valence-corrected chi connectivity index (χ2v) is 5.75. The molecule has 0 amide bonds. The Morgan fingerprint density at radius 1 is 1.50 bits per heavy atom. The molecule has 12 heavy (non-hydrogen) atoms. The van der Waals surface area contributed by atoms with Crippen molar-refractivity contribution < 1.29 is 0 Å². The van der Waals surface area contributed by atoms with Crippen LogP contribution in [0, 0.1) is 5.92 Å². The number of hydrogen-bond acceptors (Lipinski definition) is 2. The highest BCUT2D eigenvalue weighted by Crippen LogP contribution is 2.30. The number of thioether (sulfide) groups is 1. The molecule has 0 atom stereocenters. The van der Waals surface area contributed by atoms with Crippen molar-refractivity contribution in [1.29, 1.82) is 0 Å². The number of aliphatic imine (C=N–C) groups is 1. The van der Waals surface area contributed by atoms with Gasteiger partial charge in [-0.1, -0.05) is 39.5 Å². The van der Waals surface area contributed by atoms with Gasteiger partial charge in [0.25, 0.3) is 0 Å². The van der Waals surface area contributed by atoms with Crippen molar-refractivity contribution in [1.82, 2.24) is 0 Å². The summed E-state index contributed by atoms with van der Waals surface area (Å²) in [6.07, 6.45) is 1.16. The summed E-state index contributed by atoms with van der Waals surface area (Å²) in [6.45, 7) is 8.86. The number of amidine groups is 1. The minimum Gasteiger partial charge on any atom is -0.379 e. The Bertz CT molecular complexity index is 162. The highest BCUT2D eigenvalue weighted by atomic mass is 32.2. The third-order valence-electron chi connectivity index (χ3n) is 1.50. The molecule has 0 spiro atoms. The maximum Gasteiger partial charge on any atom is 0.154 e. The Kier molecular flexibility index (Phi) is 4.68. The van der Waals surface area contributed by atoms with Crippen LogP contribution in [0.25, 0.3) is 0 Å². The SMILES string of the molecule is CN=C(N)SC(C)(C)CC(C)C. The van der Waals surface area contributed by atoms with E-state index in [1.807, 2.05) is 0 Å². The van der Waals surface area contributed by atoms with Crippen LogP contribution in [0.3, 0.4) is 0 Å². The molecule has 2 N–H and O–H groups in total. The van der Waals surface area contributed by atoms with E-state index in [9.17, 15) is 0 Å². The monoisotopic (exact) mass is 188 g/mol. The van der Waals surface area contributed by atoms with Crippen LogP contribution in [-0.2, 0) is 0 Å². The molecule has 0 aliphatic heterocycles. The smallest absolute Gasteiger partial charge is 0.154 e. The first kappa shape index (κ1) is 11.8. The fourth-order valence-corrected chi connectivity index (χ4v) is 2.43. The van der Waals surface area contributed by atoms with Gasteiger partial charge in [0.2, 0.25) is 0 Å². The minimum absolute atomic E-state index is 0.206. The Morgan fingerprint density at radius 3 is 2.33 bits per heavy atom. The molecule has 0 fully saturated rings. The Balaban J connectivity index is 4.03. The van der Waals surface area contributed by atoms with Crippen molar-refractivity contribution in [3.05, 3.63) is 0 Å². The van der Waals surface area contributed by atoms with Crippen LogP contribution in [0.4, 0.5) is 0 Å². The second kappa shape index (κ2) is 4.75. The van der Waals surface area contributed by atoms with Gasteiger partial charge in [-0.3, -0.25) is 4.99 Å². The van der Waals surface area contributed by atoms with Gasteiger partial charge >= 0.3 is 0 Å². The highest BCUT2D eigenvalue weighted by molar-refractivity contribution is 8.14. The third-order valence-corrected chi connectivity index (χ3v) is 2.61. The summed E-state index contributed by atoms with van der Waals surface area (Å²) in [5.74, 6) is 0.706. The summed E-state index contributed by atoms with van der Waals surface area (Å²) >= 11 is 1.66. The molecule has 0 rings (SSSR count). The lowest BCUT2D eigenvalue weighted by molar-refractivity contribution is 0.504. The van der Waals surface area contributed by atoms with Gasteiger partial charge in [-0.2, -0.15) is 0 Å². The predicted octanol–water partition coefficient (Wildman–Crippen LogP) is 2.49. The molecule has 0 aromatic carbocycles. The average molecular weight is 188 g/mol. The molecule has 0 heterocycles. The van der Waals surface area contributed by atoms with E-state index >= 15 is 0 Å². The zero-order chi connectivity index (χ0) is 9.78. The van der Waals surface area contributed by atoms with Crippen LogP contribution in [0.5, 0.6) is 0 Å². The summed E-state index contributed by atoms with van der Waals surface area (Å²) in [7, 11) is 1.73. The molecule has 0 aromatic heterocycles. The zero-order valence-electron chi connectivity index (χ0n) is 8.72. The van der Waals surface area contributed by atoms with E-state index in [1.165, 1.54) is 0 Å². The van der Waals surface area contributed by atoms with Crippen molar-refractivity contribution in [2.45, 2.75) is 38.9 Å². The van der Waals surface area contributed by atoms with Gasteiger partial charge in [0.1, 0.15) is 0 Å². The maximum absolute atomic E-state index is 5.65. The van der Waals surface area contributed by atoms with Gasteiger partial charge in [0.15, 0.2) is 5.17 Å². The van der Waals surface area contributed by atoms with Crippen LogP contribution in [-0.4, -0.2) is 17.0 Å². The molecule has 2 nitrogen and oxygen atoms in total. The molecule has 0 aliphatic carbocycles. The van der Waals surface area contributed by atoms with E-state index in [0.29, 0.717) is 11.1 Å². The molecule has 3 heteroatoms. The first-order chi connectivity index (χ1) is 5.37. The highest BCUT2D eigenvalue weighted by Gasteiger charge is 2.21. The van der Waals surface area contributed by atoms with Crippen LogP contribution in [0.2, 0.25) is 0 Å². The van der Waals surface area contributed by atoms with E-state index in [4.69, 9.17) is 5.73 Å². The number of hydrogen-bond donors (Lipinski definition) is 1. The molecule has 0 unspecified atom stereocenters. The van der Waals surface area contributed by atoms with E-state index in [0.717, 1.165) is 6.42 Å². The zero-order valence-corrected chi connectivity index (χ0v) is 9.53. The summed E-state index contributed by atoms with van der Waals surface area (Å²) < 4.78 is 0.206. The topological polar surface area (TPSA) is 38.4 Å². The molecule has 0 radical (unpaired) electrons. The van der Waals surface area contributed by atoms with Gasteiger partial charge < -0.3 is 5.73 Å². The Labute approximate surface area is 80.0 Å². The number of nitrogens with two attached hydrogens (primary N) is 1. The fourth-order valence-electron chi connectivity index (χ4n) is 1.35. The van der Waals surface area contributed by atoms with Gasteiger partial charge in [0, 0.05) is 11.8 Å².